The Morgan fingerprint density at radius 1 is 1.08 bits per heavy atom. The maximum absolute atomic E-state index is 12.0. The van der Waals surface area contributed by atoms with E-state index < -0.39 is 0 Å². The molecule has 136 valence electrons. The second-order valence-electron chi connectivity index (χ2n) is 5.93. The molecule has 1 aromatic rings. The van der Waals surface area contributed by atoms with Gasteiger partial charge < -0.3 is 19.5 Å². The maximum Gasteiger partial charge on any atom is 0.244 e. The normalized spacial score (nSPS) is 14.1. The number of methoxy groups -OCH3 is 3. The molecule has 25 heavy (non-hydrogen) atoms. The van der Waals surface area contributed by atoms with Crippen molar-refractivity contribution in [3.05, 3.63) is 35.4 Å². The molecule has 0 fully saturated rings. The third-order valence-electron chi connectivity index (χ3n) is 4.28. The molecule has 0 saturated heterocycles. The summed E-state index contributed by atoms with van der Waals surface area (Å²) in [5, 5.41) is 2.93. The van der Waals surface area contributed by atoms with Gasteiger partial charge in [-0.1, -0.05) is 11.6 Å². The van der Waals surface area contributed by atoms with Crippen LogP contribution in [0.1, 0.15) is 37.7 Å². The van der Waals surface area contributed by atoms with E-state index in [1.807, 2.05) is 0 Å². The van der Waals surface area contributed by atoms with Crippen LogP contribution < -0.4 is 19.5 Å². The van der Waals surface area contributed by atoms with Gasteiger partial charge >= 0.3 is 0 Å². The predicted molar refractivity (Wildman–Crippen MR) is 99.3 cm³/mol. The van der Waals surface area contributed by atoms with E-state index in [1.165, 1.54) is 30.9 Å². The first-order chi connectivity index (χ1) is 12.2. The Balaban J connectivity index is 1.95. The Kier molecular flexibility index (Phi) is 7.38. The number of carbonyl (C=O) groups is 1. The molecule has 0 bridgehead atoms. The van der Waals surface area contributed by atoms with Gasteiger partial charge in [0.25, 0.3) is 0 Å². The van der Waals surface area contributed by atoms with E-state index in [0.29, 0.717) is 23.8 Å². The number of allylic oxidation sites excluding steroid dienone is 1. The van der Waals surface area contributed by atoms with Gasteiger partial charge in [-0.2, -0.15) is 0 Å². The highest BCUT2D eigenvalue weighted by atomic mass is 16.5. The topological polar surface area (TPSA) is 56.8 Å². The van der Waals surface area contributed by atoms with Crippen molar-refractivity contribution in [2.24, 2.45) is 0 Å². The van der Waals surface area contributed by atoms with Crippen LogP contribution >= 0.6 is 0 Å². The molecule has 0 saturated carbocycles. The fourth-order valence-electron chi connectivity index (χ4n) is 2.89. The zero-order valence-electron chi connectivity index (χ0n) is 15.3. The summed E-state index contributed by atoms with van der Waals surface area (Å²) in [4.78, 5) is 12.0. The molecule has 0 unspecified atom stereocenters. The van der Waals surface area contributed by atoms with Gasteiger partial charge in [0, 0.05) is 24.3 Å². The van der Waals surface area contributed by atoms with Gasteiger partial charge in [0.2, 0.25) is 5.91 Å². The maximum atomic E-state index is 12.0. The summed E-state index contributed by atoms with van der Waals surface area (Å²) in [7, 11) is 4.73. The van der Waals surface area contributed by atoms with E-state index >= 15 is 0 Å². The minimum atomic E-state index is -0.117. The number of carbonyl (C=O) groups excluding carboxylic acids is 1. The largest absolute Gasteiger partial charge is 0.496 e. The van der Waals surface area contributed by atoms with Crippen LogP contribution in [0.5, 0.6) is 17.2 Å². The first-order valence-corrected chi connectivity index (χ1v) is 8.61. The number of benzene rings is 1. The Morgan fingerprint density at radius 2 is 1.80 bits per heavy atom. The van der Waals surface area contributed by atoms with Crippen LogP contribution in [0.2, 0.25) is 0 Å². The lowest BCUT2D eigenvalue weighted by atomic mass is 9.97. The van der Waals surface area contributed by atoms with E-state index in [9.17, 15) is 4.79 Å². The molecule has 2 rings (SSSR count). The number of rotatable bonds is 8. The van der Waals surface area contributed by atoms with Crippen molar-refractivity contribution >= 4 is 12.0 Å². The highest BCUT2D eigenvalue weighted by molar-refractivity contribution is 5.92. The third kappa shape index (κ3) is 5.55. The van der Waals surface area contributed by atoms with Crippen LogP contribution in [0, 0.1) is 0 Å². The molecule has 5 nitrogen and oxygen atoms in total. The summed E-state index contributed by atoms with van der Waals surface area (Å²) in [6.45, 7) is 0.665. The van der Waals surface area contributed by atoms with Crippen LogP contribution in [0.3, 0.4) is 0 Å². The van der Waals surface area contributed by atoms with Crippen LogP contribution in [0.25, 0.3) is 6.08 Å². The fraction of sp³-hybridized carbons (Fsp3) is 0.450. The second-order valence-corrected chi connectivity index (χ2v) is 5.93. The van der Waals surface area contributed by atoms with E-state index in [0.717, 1.165) is 18.4 Å². The van der Waals surface area contributed by atoms with Crippen LogP contribution in [0.15, 0.2) is 29.9 Å². The van der Waals surface area contributed by atoms with Gasteiger partial charge in [-0.15, -0.1) is 0 Å². The van der Waals surface area contributed by atoms with Crippen LogP contribution in [0.4, 0.5) is 0 Å². The summed E-state index contributed by atoms with van der Waals surface area (Å²) in [5.41, 5.74) is 2.21. The first kappa shape index (κ1) is 18.9. The molecular weight excluding hydrogens is 318 g/mol. The van der Waals surface area contributed by atoms with Crippen molar-refractivity contribution in [2.45, 2.75) is 32.1 Å². The van der Waals surface area contributed by atoms with Gasteiger partial charge in [0.1, 0.15) is 5.75 Å². The monoisotopic (exact) mass is 345 g/mol. The third-order valence-corrected chi connectivity index (χ3v) is 4.28. The quantitative estimate of drug-likeness (QED) is 0.576. The van der Waals surface area contributed by atoms with Crippen molar-refractivity contribution in [2.75, 3.05) is 27.9 Å². The molecule has 0 spiro atoms. The van der Waals surface area contributed by atoms with Crippen molar-refractivity contribution in [3.63, 3.8) is 0 Å². The lowest BCUT2D eigenvalue weighted by molar-refractivity contribution is -0.116. The van der Waals surface area contributed by atoms with Gasteiger partial charge in [0.15, 0.2) is 11.5 Å². The molecule has 1 N–H and O–H groups in total. The summed E-state index contributed by atoms with van der Waals surface area (Å²) in [6.07, 6.45) is 11.3. The number of amides is 1. The zero-order chi connectivity index (χ0) is 18.1. The van der Waals surface area contributed by atoms with Gasteiger partial charge in [-0.05, 0) is 44.2 Å². The van der Waals surface area contributed by atoms with Gasteiger partial charge in [-0.25, -0.2) is 0 Å². The molecule has 5 heteroatoms. The molecule has 0 atom stereocenters. The van der Waals surface area contributed by atoms with E-state index in [4.69, 9.17) is 14.2 Å². The average molecular weight is 345 g/mol. The minimum absolute atomic E-state index is 0.117. The molecule has 0 radical (unpaired) electrons. The van der Waals surface area contributed by atoms with Crippen molar-refractivity contribution < 1.29 is 19.0 Å². The average Bonchev–Trinajstić information content (AvgIpc) is 2.66. The number of hydrogen-bond donors (Lipinski definition) is 1. The molecule has 0 aromatic heterocycles. The number of nitrogens with one attached hydrogen (secondary N) is 1. The molecule has 1 amide bonds. The Labute approximate surface area is 149 Å². The van der Waals surface area contributed by atoms with E-state index in [2.05, 4.69) is 11.4 Å². The molecule has 1 aromatic carbocycles. The summed E-state index contributed by atoms with van der Waals surface area (Å²) in [6, 6.07) is 3.53. The number of ether oxygens (including phenoxy) is 3. The van der Waals surface area contributed by atoms with Crippen molar-refractivity contribution in [1.82, 2.24) is 5.32 Å². The van der Waals surface area contributed by atoms with Crippen LogP contribution in [-0.4, -0.2) is 33.8 Å². The first-order valence-electron chi connectivity index (χ1n) is 8.61. The van der Waals surface area contributed by atoms with E-state index in [1.54, 1.807) is 39.5 Å². The summed E-state index contributed by atoms with van der Waals surface area (Å²) < 4.78 is 15.9. The van der Waals surface area contributed by atoms with Gasteiger partial charge in [0.05, 0.1) is 21.3 Å². The number of hydrogen-bond acceptors (Lipinski definition) is 4. The molecule has 0 aliphatic heterocycles. The zero-order valence-corrected chi connectivity index (χ0v) is 15.3. The Bertz CT molecular complexity index is 649. The lowest BCUT2D eigenvalue weighted by Gasteiger charge is -2.13. The summed E-state index contributed by atoms with van der Waals surface area (Å²) >= 11 is 0. The predicted octanol–water partition coefficient (Wildman–Crippen LogP) is 3.73. The molecule has 1 aliphatic carbocycles. The molecular formula is C20H27NO4. The smallest absolute Gasteiger partial charge is 0.244 e. The molecule has 0 heterocycles. The van der Waals surface area contributed by atoms with Crippen molar-refractivity contribution in [3.8, 4) is 17.2 Å². The van der Waals surface area contributed by atoms with E-state index in [-0.39, 0.29) is 5.91 Å². The Morgan fingerprint density at radius 3 is 2.44 bits per heavy atom. The SMILES string of the molecule is COc1cc(OC)c(OC)cc1C=CC(=O)NCCC1=CCCCC1. The fourth-order valence-corrected chi connectivity index (χ4v) is 2.89. The minimum Gasteiger partial charge on any atom is -0.496 e. The second kappa shape index (κ2) is 9.77. The standard InChI is InChI=1S/C20H27NO4/c1-23-17-14-19(25-3)18(24-2)13-16(17)9-10-20(22)21-12-11-15-7-5-4-6-8-15/h7,9-10,13-14H,4-6,8,11-12H2,1-3H3,(H,21,22). The van der Waals surface area contributed by atoms with Crippen LogP contribution in [-0.2, 0) is 4.79 Å². The highest BCUT2D eigenvalue weighted by Gasteiger charge is 2.10. The summed E-state index contributed by atoms with van der Waals surface area (Å²) in [5.74, 6) is 1.68. The highest BCUT2D eigenvalue weighted by Crippen LogP contribution is 2.35. The Hall–Kier alpha value is -2.43. The van der Waals surface area contributed by atoms with Gasteiger partial charge in [-0.3, -0.25) is 4.79 Å². The molecule has 1 aliphatic rings. The lowest BCUT2D eigenvalue weighted by Crippen LogP contribution is -2.22. The van der Waals surface area contributed by atoms with Crippen molar-refractivity contribution in [1.29, 1.82) is 0 Å².